The minimum Gasteiger partial charge on any atom is -0.480 e. The van der Waals surface area contributed by atoms with Crippen LogP contribution >= 0.6 is 0 Å². The number of carbonyl (C=O) groups excluding carboxylic acids is 2. The predicted molar refractivity (Wildman–Crippen MR) is 92.5 cm³/mol. The number of carboxylic acid groups (broad SMARTS) is 1. The van der Waals surface area contributed by atoms with Crippen molar-refractivity contribution in [3.8, 4) is 12.3 Å². The van der Waals surface area contributed by atoms with Gasteiger partial charge in [0, 0.05) is 26.1 Å². The van der Waals surface area contributed by atoms with Crippen LogP contribution in [0.1, 0.15) is 32.1 Å². The van der Waals surface area contributed by atoms with Crippen molar-refractivity contribution in [2.45, 2.75) is 32.1 Å². The van der Waals surface area contributed by atoms with Crippen LogP contribution in [0.4, 0.5) is 0 Å². The van der Waals surface area contributed by atoms with Crippen molar-refractivity contribution in [2.75, 3.05) is 32.7 Å². The topological polar surface area (TPSA) is 98.7 Å². The van der Waals surface area contributed by atoms with Crippen LogP contribution in [0.25, 0.3) is 0 Å². The van der Waals surface area contributed by atoms with Gasteiger partial charge in [-0.05, 0) is 44.7 Å². The molecule has 2 amide bonds. The Hall–Kier alpha value is -2.07. The van der Waals surface area contributed by atoms with Crippen molar-refractivity contribution in [3.05, 3.63) is 0 Å². The maximum atomic E-state index is 12.3. The zero-order chi connectivity index (χ0) is 18.2. The van der Waals surface area contributed by atoms with E-state index in [2.05, 4.69) is 16.6 Å². The smallest absolute Gasteiger partial charge is 0.320 e. The number of carbonyl (C=O) groups is 3. The van der Waals surface area contributed by atoms with Crippen molar-refractivity contribution >= 4 is 17.8 Å². The fraction of sp³-hybridized carbons (Fsp3) is 0.722. The average Bonchev–Trinajstić information content (AvgIpc) is 3.11. The van der Waals surface area contributed by atoms with Crippen LogP contribution in [0.15, 0.2) is 0 Å². The van der Waals surface area contributed by atoms with Crippen molar-refractivity contribution in [1.82, 2.24) is 15.5 Å². The summed E-state index contributed by atoms with van der Waals surface area (Å²) in [4.78, 5) is 37.1. The lowest BCUT2D eigenvalue weighted by atomic mass is 9.93. The molecule has 3 N–H and O–H groups in total. The molecule has 2 aliphatic rings. The number of hydrogen-bond donors (Lipinski definition) is 3. The highest BCUT2D eigenvalue weighted by Crippen LogP contribution is 2.21. The summed E-state index contributed by atoms with van der Waals surface area (Å²) in [5.74, 6) is 0.215. The highest BCUT2D eigenvalue weighted by Gasteiger charge is 2.31. The second kappa shape index (κ2) is 9.42. The summed E-state index contributed by atoms with van der Waals surface area (Å²) in [5.41, 5.74) is 0. The number of hydrogen-bond acceptors (Lipinski definition) is 4. The number of likely N-dealkylation sites (tertiary alicyclic amines) is 1. The number of rotatable bonds is 7. The van der Waals surface area contributed by atoms with E-state index >= 15 is 0 Å². The molecule has 2 aliphatic heterocycles. The molecule has 0 aromatic heterocycles. The Labute approximate surface area is 148 Å². The molecule has 2 saturated heterocycles. The van der Waals surface area contributed by atoms with Crippen LogP contribution < -0.4 is 10.6 Å². The third kappa shape index (κ3) is 5.75. The monoisotopic (exact) mass is 349 g/mol. The lowest BCUT2D eigenvalue weighted by Gasteiger charge is -2.23. The fourth-order valence-corrected chi connectivity index (χ4v) is 3.42. The number of nitrogens with zero attached hydrogens (tertiary/aromatic N) is 1. The van der Waals surface area contributed by atoms with Crippen molar-refractivity contribution in [1.29, 1.82) is 0 Å². The van der Waals surface area contributed by atoms with Gasteiger partial charge in [0.2, 0.25) is 11.8 Å². The van der Waals surface area contributed by atoms with Crippen LogP contribution in [-0.2, 0) is 14.4 Å². The van der Waals surface area contributed by atoms with E-state index in [0.717, 1.165) is 32.4 Å². The summed E-state index contributed by atoms with van der Waals surface area (Å²) < 4.78 is 0. The number of amides is 2. The molecule has 0 aromatic carbocycles. The van der Waals surface area contributed by atoms with E-state index in [1.165, 1.54) is 0 Å². The Kier molecular flexibility index (Phi) is 7.26. The normalized spacial score (nSPS) is 22.2. The first-order chi connectivity index (χ1) is 12.0. The van der Waals surface area contributed by atoms with Crippen molar-refractivity contribution in [2.24, 2.45) is 17.8 Å². The third-order valence-corrected chi connectivity index (χ3v) is 5.12. The second-order valence-corrected chi connectivity index (χ2v) is 6.86. The van der Waals surface area contributed by atoms with Crippen LogP contribution in [0.2, 0.25) is 0 Å². The first kappa shape index (κ1) is 19.3. The molecule has 0 aliphatic carbocycles. The van der Waals surface area contributed by atoms with E-state index in [4.69, 9.17) is 11.5 Å². The lowest BCUT2D eigenvalue weighted by Crippen LogP contribution is -2.38. The molecular weight excluding hydrogens is 322 g/mol. The summed E-state index contributed by atoms with van der Waals surface area (Å²) in [7, 11) is 0. The molecule has 138 valence electrons. The van der Waals surface area contributed by atoms with Crippen molar-refractivity contribution in [3.63, 3.8) is 0 Å². The van der Waals surface area contributed by atoms with Crippen LogP contribution in [-0.4, -0.2) is 60.5 Å². The molecule has 1 unspecified atom stereocenters. The average molecular weight is 349 g/mol. The van der Waals surface area contributed by atoms with Gasteiger partial charge in [-0.15, -0.1) is 6.42 Å². The Morgan fingerprint density at radius 1 is 1.28 bits per heavy atom. The molecule has 0 bridgehead atoms. The Morgan fingerprint density at radius 3 is 2.64 bits per heavy atom. The minimum atomic E-state index is -1.12. The van der Waals surface area contributed by atoms with E-state index in [1.807, 2.05) is 0 Å². The van der Waals surface area contributed by atoms with Gasteiger partial charge in [-0.3, -0.25) is 14.4 Å². The number of terminal acetylenes is 1. The zero-order valence-electron chi connectivity index (χ0n) is 14.5. The number of piperidine rings is 1. The molecule has 2 heterocycles. The van der Waals surface area contributed by atoms with Gasteiger partial charge in [-0.25, -0.2) is 0 Å². The van der Waals surface area contributed by atoms with Crippen molar-refractivity contribution < 1.29 is 19.5 Å². The van der Waals surface area contributed by atoms with Crippen LogP contribution in [0.3, 0.4) is 0 Å². The van der Waals surface area contributed by atoms with Gasteiger partial charge < -0.3 is 20.6 Å². The molecule has 0 aromatic rings. The van der Waals surface area contributed by atoms with Gasteiger partial charge in [-0.2, -0.15) is 0 Å². The van der Waals surface area contributed by atoms with Gasteiger partial charge >= 0.3 is 5.97 Å². The van der Waals surface area contributed by atoms with Gasteiger partial charge in [0.05, 0.1) is 5.92 Å². The number of nitrogens with one attached hydrogen (secondary N) is 2. The van der Waals surface area contributed by atoms with Gasteiger partial charge in [-0.1, -0.05) is 5.92 Å². The standard InChI is InChI=1S/C18H27N3O4/c1-2-14(18(24)25)11-20-17(23)15-7-10-21(12-15)16(22)4-3-13-5-8-19-9-6-13/h1,13-15,19H,3-12H2,(H,20,23)(H,24,25)/t14-,15?/m0/s1. The molecule has 25 heavy (non-hydrogen) atoms. The molecule has 7 heteroatoms. The summed E-state index contributed by atoms with van der Waals surface area (Å²) in [6, 6.07) is 0. The minimum absolute atomic E-state index is 0.0785. The lowest BCUT2D eigenvalue weighted by molar-refractivity contribution is -0.139. The molecule has 2 rings (SSSR count). The molecular formula is C18H27N3O4. The van der Waals surface area contributed by atoms with Gasteiger partial charge in [0.15, 0.2) is 0 Å². The largest absolute Gasteiger partial charge is 0.480 e. The van der Waals surface area contributed by atoms with E-state index in [1.54, 1.807) is 4.90 Å². The van der Waals surface area contributed by atoms with E-state index < -0.39 is 11.9 Å². The maximum Gasteiger partial charge on any atom is 0.320 e. The van der Waals surface area contributed by atoms with Gasteiger partial charge in [0.25, 0.3) is 0 Å². The fourth-order valence-electron chi connectivity index (χ4n) is 3.42. The summed E-state index contributed by atoms with van der Waals surface area (Å²) >= 11 is 0. The zero-order valence-corrected chi connectivity index (χ0v) is 14.5. The Balaban J connectivity index is 1.70. The second-order valence-electron chi connectivity index (χ2n) is 6.86. The maximum absolute atomic E-state index is 12.3. The highest BCUT2D eigenvalue weighted by atomic mass is 16.4. The predicted octanol–water partition coefficient (Wildman–Crippen LogP) is 0.0649. The van der Waals surface area contributed by atoms with Gasteiger partial charge in [0.1, 0.15) is 5.92 Å². The SMILES string of the molecule is C#C[C@@H](CNC(=O)C1CCN(C(=O)CCC2CCNCC2)C1)C(=O)O. The third-order valence-electron chi connectivity index (χ3n) is 5.12. The Bertz CT molecular complexity index is 537. The summed E-state index contributed by atoms with van der Waals surface area (Å²) in [5, 5.41) is 14.8. The van der Waals surface area contributed by atoms with E-state index in [9.17, 15) is 14.4 Å². The molecule has 0 spiro atoms. The summed E-state index contributed by atoms with van der Waals surface area (Å²) in [6.07, 6.45) is 9.44. The molecule has 2 fully saturated rings. The first-order valence-electron chi connectivity index (χ1n) is 8.96. The summed E-state index contributed by atoms with van der Waals surface area (Å²) in [6.45, 7) is 2.97. The first-order valence-corrected chi connectivity index (χ1v) is 8.96. The number of carboxylic acids is 1. The highest BCUT2D eigenvalue weighted by molar-refractivity contribution is 5.83. The molecule has 0 saturated carbocycles. The Morgan fingerprint density at radius 2 is 2.00 bits per heavy atom. The number of aliphatic carboxylic acids is 1. The van der Waals surface area contributed by atoms with E-state index in [0.29, 0.717) is 31.8 Å². The van der Waals surface area contributed by atoms with Crippen LogP contribution in [0.5, 0.6) is 0 Å². The van der Waals surface area contributed by atoms with E-state index in [-0.39, 0.29) is 24.3 Å². The van der Waals surface area contributed by atoms with Crippen LogP contribution in [0, 0.1) is 30.1 Å². The quantitative estimate of drug-likeness (QED) is 0.565. The molecule has 0 radical (unpaired) electrons. The molecule has 7 nitrogen and oxygen atoms in total. The molecule has 2 atom stereocenters.